The molecule has 0 aromatic carbocycles. The maximum absolute atomic E-state index is 2.73. The second-order valence-corrected chi connectivity index (χ2v) is 6.25. The molecule has 0 radical (unpaired) electrons. The first kappa shape index (κ1) is 11.9. The second-order valence-electron chi connectivity index (χ2n) is 4.39. The predicted octanol–water partition coefficient (Wildman–Crippen LogP) is 1.37. The van der Waals surface area contributed by atoms with Crippen LogP contribution in [-0.4, -0.2) is 43.5 Å². The molecule has 0 amide bonds. The molecule has 2 nitrogen and oxygen atoms in total. The van der Waals surface area contributed by atoms with Crippen molar-refractivity contribution in [3.63, 3.8) is 0 Å². The third-order valence-corrected chi connectivity index (χ3v) is 5.68. The van der Waals surface area contributed by atoms with E-state index >= 15 is 0 Å². The number of hydrogen-bond donors (Lipinski definition) is 0. The monoisotopic (exact) mass is 213 g/mol. The Morgan fingerprint density at radius 1 is 1.36 bits per heavy atom. The normalized spacial score (nSPS) is 25.3. The van der Waals surface area contributed by atoms with Crippen LogP contribution in [0.15, 0.2) is 0 Å². The Bertz CT molecular complexity index is 213. The molecule has 82 valence electrons. The van der Waals surface area contributed by atoms with Gasteiger partial charge in [0.2, 0.25) is 0 Å². The van der Waals surface area contributed by atoms with Crippen molar-refractivity contribution in [1.29, 1.82) is 0 Å². The summed E-state index contributed by atoms with van der Waals surface area (Å²) in [4.78, 5) is 0. The van der Waals surface area contributed by atoms with Crippen LogP contribution in [0.25, 0.3) is 0 Å². The van der Waals surface area contributed by atoms with Gasteiger partial charge in [-0.05, 0) is 19.9 Å². The van der Waals surface area contributed by atoms with Crippen molar-refractivity contribution in [3.05, 3.63) is 0 Å². The van der Waals surface area contributed by atoms with Crippen molar-refractivity contribution < 1.29 is 4.24 Å². The van der Waals surface area contributed by atoms with Gasteiger partial charge < -0.3 is 4.24 Å². The first-order valence-electron chi connectivity index (χ1n) is 6.03. The van der Waals surface area contributed by atoms with E-state index in [0.717, 1.165) is 6.04 Å². The van der Waals surface area contributed by atoms with Crippen LogP contribution in [0.5, 0.6) is 0 Å². The molecule has 0 N–H and O–H groups in total. The smallest absolute Gasteiger partial charge is 0.302 e. The number of rotatable bonds is 5. The molecule has 0 bridgehead atoms. The molecule has 0 saturated carbocycles. The zero-order valence-corrected chi connectivity index (χ0v) is 11.6. The van der Waals surface area contributed by atoms with Crippen molar-refractivity contribution in [1.82, 2.24) is 4.57 Å². The molecular weight excluding hydrogens is 188 g/mol. The Labute approximate surface area is 91.0 Å². The molecule has 14 heavy (non-hydrogen) atoms. The van der Waals surface area contributed by atoms with E-state index in [-0.39, 0.29) is 9.84 Å². The summed E-state index contributed by atoms with van der Waals surface area (Å²) in [6.07, 6.45) is 3.98. The van der Waals surface area contributed by atoms with E-state index in [1.165, 1.54) is 32.4 Å². The zero-order valence-electron chi connectivity index (χ0n) is 10.2. The number of nitrogens with zero attached hydrogens (tertiary/aromatic N) is 2. The molecule has 1 unspecified atom stereocenters. The topological polar surface area (TPSA) is 6.25 Å². The van der Waals surface area contributed by atoms with Gasteiger partial charge in [-0.1, -0.05) is 20.3 Å². The molecule has 1 heterocycles. The largest absolute Gasteiger partial charge is 0.413 e. The summed E-state index contributed by atoms with van der Waals surface area (Å²) in [7, 11) is -0.125. The Morgan fingerprint density at radius 3 is 2.64 bits per heavy atom. The summed E-state index contributed by atoms with van der Waals surface area (Å²) in [5.41, 5.74) is 1.62. The van der Waals surface area contributed by atoms with Crippen molar-refractivity contribution in [2.24, 2.45) is 0 Å². The molecule has 3 heteroatoms. The van der Waals surface area contributed by atoms with E-state index in [2.05, 4.69) is 36.5 Å². The van der Waals surface area contributed by atoms with E-state index in [0.29, 0.717) is 0 Å². The van der Waals surface area contributed by atoms with Crippen LogP contribution in [0, 0.1) is 0 Å². The van der Waals surface area contributed by atoms with Gasteiger partial charge in [-0.2, -0.15) is 0 Å². The molecule has 0 spiro atoms. The molecule has 1 atom stereocenters. The Hall–Kier alpha value is -0.153. The van der Waals surface area contributed by atoms with E-state index in [9.17, 15) is 0 Å². The lowest BCUT2D eigenvalue weighted by atomic mass is 10.2. The first-order valence-corrected chi connectivity index (χ1v) is 7.29. The fourth-order valence-electron chi connectivity index (χ4n) is 2.12. The van der Waals surface area contributed by atoms with E-state index in [1.807, 2.05) is 0 Å². The van der Waals surface area contributed by atoms with Gasteiger partial charge in [0.1, 0.15) is 12.3 Å². The lowest BCUT2D eigenvalue weighted by Gasteiger charge is -2.15. The number of unbranched alkanes of at least 4 members (excludes halogenated alkanes) is 1. The summed E-state index contributed by atoms with van der Waals surface area (Å²) in [5, 5.41) is 0. The Kier molecular flexibility index (Phi) is 4.82. The average Bonchev–Trinajstić information content (AvgIpc) is 2.44. The van der Waals surface area contributed by atoms with E-state index < -0.39 is 0 Å². The zero-order chi connectivity index (χ0) is 10.6. The Balaban J connectivity index is 2.48. The fourth-order valence-corrected chi connectivity index (χ4v) is 4.38. The minimum absolute atomic E-state index is 0.125. The van der Waals surface area contributed by atoms with Crippen LogP contribution >= 0.6 is 0 Å². The van der Waals surface area contributed by atoms with E-state index in [1.54, 1.807) is 5.71 Å². The molecule has 0 aromatic heterocycles. The standard InChI is InChI=1S/C11H25N2Si/c1-5-7-9-13-11(4)10(3)12(14-13)8-6-2/h11H,5-9,14H2,1-4H3/q+1. The molecule has 1 aliphatic rings. The molecule has 0 aromatic rings. The van der Waals surface area contributed by atoms with Crippen molar-refractivity contribution >= 4 is 15.6 Å². The van der Waals surface area contributed by atoms with Gasteiger partial charge in [0.15, 0.2) is 0 Å². The fraction of sp³-hybridized carbons (Fsp3) is 0.909. The lowest BCUT2D eigenvalue weighted by molar-refractivity contribution is -0.383. The van der Waals surface area contributed by atoms with Crippen LogP contribution in [0.2, 0.25) is 0 Å². The van der Waals surface area contributed by atoms with Crippen molar-refractivity contribution in [2.75, 3.05) is 13.1 Å². The van der Waals surface area contributed by atoms with Crippen molar-refractivity contribution in [3.8, 4) is 0 Å². The highest BCUT2D eigenvalue weighted by molar-refractivity contribution is 6.27. The van der Waals surface area contributed by atoms with Crippen LogP contribution in [-0.2, 0) is 0 Å². The molecule has 0 fully saturated rings. The van der Waals surface area contributed by atoms with Gasteiger partial charge >= 0.3 is 9.84 Å². The first-order chi connectivity index (χ1) is 6.70. The molecule has 0 aliphatic carbocycles. The number of hydrogen-bond acceptors (Lipinski definition) is 1. The minimum atomic E-state index is -0.125. The van der Waals surface area contributed by atoms with Gasteiger partial charge in [0.25, 0.3) is 0 Å². The quantitative estimate of drug-likeness (QED) is 0.625. The molecule has 0 saturated heterocycles. The third-order valence-electron chi connectivity index (χ3n) is 3.30. The lowest BCUT2D eigenvalue weighted by Crippen LogP contribution is -2.35. The van der Waals surface area contributed by atoms with Crippen molar-refractivity contribution in [2.45, 2.75) is 53.0 Å². The second kappa shape index (κ2) is 5.66. The minimum Gasteiger partial charge on any atom is -0.302 e. The summed E-state index contributed by atoms with van der Waals surface area (Å²) in [5.74, 6) is 0. The van der Waals surface area contributed by atoms with Gasteiger partial charge in [-0.25, -0.2) is 0 Å². The summed E-state index contributed by atoms with van der Waals surface area (Å²) in [6.45, 7) is 11.9. The summed E-state index contributed by atoms with van der Waals surface area (Å²) in [6, 6.07) is 0.722. The molecular formula is C11H25N2Si+. The van der Waals surface area contributed by atoms with E-state index in [4.69, 9.17) is 0 Å². The third kappa shape index (κ3) is 2.67. The van der Waals surface area contributed by atoms with Gasteiger partial charge in [-0.15, -0.1) is 0 Å². The summed E-state index contributed by atoms with van der Waals surface area (Å²) < 4.78 is 5.40. The van der Waals surface area contributed by atoms with Crippen LogP contribution in [0.1, 0.15) is 47.0 Å². The van der Waals surface area contributed by atoms with Gasteiger partial charge in [0, 0.05) is 13.3 Å². The van der Waals surface area contributed by atoms with Crippen LogP contribution in [0.3, 0.4) is 0 Å². The predicted molar refractivity (Wildman–Crippen MR) is 65.7 cm³/mol. The summed E-state index contributed by atoms with van der Waals surface area (Å²) >= 11 is 0. The highest BCUT2D eigenvalue weighted by atomic mass is 28.2. The molecule has 1 aliphatic heterocycles. The maximum Gasteiger partial charge on any atom is 0.413 e. The average molecular weight is 213 g/mol. The molecule has 1 rings (SSSR count). The highest BCUT2D eigenvalue weighted by Gasteiger charge is 2.32. The highest BCUT2D eigenvalue weighted by Crippen LogP contribution is 2.09. The van der Waals surface area contributed by atoms with Crippen LogP contribution < -0.4 is 0 Å². The maximum atomic E-state index is 2.73. The van der Waals surface area contributed by atoms with Gasteiger partial charge in [0.05, 0.1) is 6.04 Å². The Morgan fingerprint density at radius 2 is 2.07 bits per heavy atom. The van der Waals surface area contributed by atoms with Gasteiger partial charge in [-0.3, -0.25) is 4.57 Å². The SMILES string of the molecule is CCCCN1[SiH2][N+](CCC)=C(C)C1C. The van der Waals surface area contributed by atoms with Crippen LogP contribution in [0.4, 0.5) is 0 Å².